The predicted octanol–water partition coefficient (Wildman–Crippen LogP) is 4.06. The smallest absolute Gasteiger partial charge is 0.0835 e. The Morgan fingerprint density at radius 3 is 2.57 bits per heavy atom. The van der Waals surface area contributed by atoms with E-state index in [-0.39, 0.29) is 6.10 Å². The Bertz CT molecular complexity index is 297. The molecule has 0 amide bonds. The number of halogens is 2. The summed E-state index contributed by atoms with van der Waals surface area (Å²) >= 11 is 7.08. The minimum atomic E-state index is 0.265. The molecule has 3 heteroatoms. The van der Waals surface area contributed by atoms with Crippen LogP contribution >= 0.6 is 31.9 Å². The number of hydrogen-bond acceptors (Lipinski definition) is 1. The van der Waals surface area contributed by atoms with E-state index in [1.807, 2.05) is 0 Å². The van der Waals surface area contributed by atoms with Crippen LogP contribution < -0.4 is 0 Å². The molecule has 0 aromatic heterocycles. The molecule has 1 aromatic carbocycles. The third-order valence-electron chi connectivity index (χ3n) is 2.46. The van der Waals surface area contributed by atoms with Crippen LogP contribution in [0, 0.1) is 0 Å². The van der Waals surface area contributed by atoms with Crippen molar-refractivity contribution in [3.05, 3.63) is 34.3 Å². The fourth-order valence-corrected chi connectivity index (χ4v) is 2.46. The highest BCUT2D eigenvalue weighted by molar-refractivity contribution is 9.10. The highest BCUT2D eigenvalue weighted by Gasteiger charge is 2.21. The minimum absolute atomic E-state index is 0.265. The van der Waals surface area contributed by atoms with Gasteiger partial charge in [0.1, 0.15) is 0 Å². The summed E-state index contributed by atoms with van der Waals surface area (Å²) < 4.78 is 6.85. The van der Waals surface area contributed by atoms with E-state index in [2.05, 4.69) is 56.1 Å². The average molecular weight is 320 g/mol. The maximum atomic E-state index is 5.73. The van der Waals surface area contributed by atoms with Crippen LogP contribution in [0.5, 0.6) is 0 Å². The van der Waals surface area contributed by atoms with Gasteiger partial charge in [0.05, 0.1) is 6.10 Å². The zero-order valence-electron chi connectivity index (χ0n) is 7.75. The second kappa shape index (κ2) is 4.77. The Labute approximate surface area is 101 Å². The van der Waals surface area contributed by atoms with Crippen molar-refractivity contribution in [3.63, 3.8) is 0 Å². The molecule has 1 saturated heterocycles. The van der Waals surface area contributed by atoms with Gasteiger partial charge < -0.3 is 4.74 Å². The van der Waals surface area contributed by atoms with Crippen LogP contribution in [-0.4, -0.2) is 11.4 Å². The molecule has 2 atom stereocenters. The van der Waals surface area contributed by atoms with Crippen LogP contribution in [-0.2, 0) is 4.74 Å². The third-order valence-corrected chi connectivity index (χ3v) is 3.82. The summed E-state index contributed by atoms with van der Waals surface area (Å²) in [5.41, 5.74) is 1.28. The molecule has 14 heavy (non-hydrogen) atoms. The molecule has 0 radical (unpaired) electrons. The van der Waals surface area contributed by atoms with Gasteiger partial charge in [0.15, 0.2) is 0 Å². The molecule has 0 unspecified atom stereocenters. The second-order valence-corrected chi connectivity index (χ2v) is 5.74. The molecule has 1 fully saturated rings. The van der Waals surface area contributed by atoms with Crippen molar-refractivity contribution in [1.29, 1.82) is 0 Å². The molecule has 0 bridgehead atoms. The van der Waals surface area contributed by atoms with E-state index in [4.69, 9.17) is 4.74 Å². The fourth-order valence-electron chi connectivity index (χ4n) is 1.67. The lowest BCUT2D eigenvalue weighted by Gasteiger charge is -2.26. The minimum Gasteiger partial charge on any atom is -0.373 e. The van der Waals surface area contributed by atoms with E-state index >= 15 is 0 Å². The van der Waals surface area contributed by atoms with Crippen LogP contribution in [0.3, 0.4) is 0 Å². The molecule has 1 aromatic rings. The molecular formula is C11H12Br2O. The molecule has 1 heterocycles. The zero-order valence-corrected chi connectivity index (χ0v) is 10.9. The second-order valence-electron chi connectivity index (χ2n) is 3.53. The number of rotatable bonds is 1. The lowest BCUT2D eigenvalue weighted by atomic mass is 10.0. The molecule has 1 nitrogen and oxygen atoms in total. The maximum absolute atomic E-state index is 5.73. The van der Waals surface area contributed by atoms with Crippen LogP contribution in [0.1, 0.15) is 24.5 Å². The Kier molecular flexibility index (Phi) is 3.63. The van der Waals surface area contributed by atoms with Gasteiger partial charge in [-0.1, -0.05) is 44.0 Å². The van der Waals surface area contributed by atoms with Gasteiger partial charge in [0.2, 0.25) is 0 Å². The first-order valence-electron chi connectivity index (χ1n) is 4.77. The predicted molar refractivity (Wildman–Crippen MR) is 64.8 cm³/mol. The van der Waals surface area contributed by atoms with Gasteiger partial charge in [-0.25, -0.2) is 0 Å². The Morgan fingerprint density at radius 2 is 1.93 bits per heavy atom. The number of ether oxygens (including phenoxy) is 1. The Morgan fingerprint density at radius 1 is 1.21 bits per heavy atom. The van der Waals surface area contributed by atoms with E-state index in [9.17, 15) is 0 Å². The van der Waals surface area contributed by atoms with Gasteiger partial charge in [-0.05, 0) is 30.5 Å². The van der Waals surface area contributed by atoms with Crippen LogP contribution in [0.2, 0.25) is 0 Å². The average Bonchev–Trinajstić information content (AvgIpc) is 2.19. The Hall–Kier alpha value is 0.140. The molecule has 1 aliphatic rings. The van der Waals surface area contributed by atoms with Crippen molar-refractivity contribution in [1.82, 2.24) is 0 Å². The molecule has 1 aliphatic heterocycles. The fraction of sp³-hybridized carbons (Fsp3) is 0.455. The molecular weight excluding hydrogens is 308 g/mol. The molecule has 0 N–H and O–H groups in total. The lowest BCUT2D eigenvalue weighted by Crippen LogP contribution is -2.19. The first-order valence-corrected chi connectivity index (χ1v) is 6.48. The topological polar surface area (TPSA) is 9.23 Å². The Balaban J connectivity index is 2.10. The first-order chi connectivity index (χ1) is 6.75. The molecule has 76 valence electrons. The van der Waals surface area contributed by atoms with Crippen molar-refractivity contribution in [2.24, 2.45) is 0 Å². The van der Waals surface area contributed by atoms with Crippen molar-refractivity contribution in [3.8, 4) is 0 Å². The zero-order chi connectivity index (χ0) is 9.97. The van der Waals surface area contributed by atoms with Gasteiger partial charge in [0, 0.05) is 15.9 Å². The van der Waals surface area contributed by atoms with Crippen molar-refractivity contribution < 1.29 is 4.74 Å². The molecule has 0 spiro atoms. The summed E-state index contributed by atoms with van der Waals surface area (Å²) in [5, 5.41) is 0. The van der Waals surface area contributed by atoms with Crippen LogP contribution in [0.25, 0.3) is 0 Å². The quantitative estimate of drug-likeness (QED) is 0.709. The van der Waals surface area contributed by atoms with Crippen molar-refractivity contribution >= 4 is 31.9 Å². The van der Waals surface area contributed by atoms with Gasteiger partial charge in [0.25, 0.3) is 0 Å². The summed E-state index contributed by atoms with van der Waals surface area (Å²) in [4.78, 5) is 0.602. The SMILES string of the molecule is Brc1ccc([C@H]2C[C@@H](Br)CCO2)cc1. The standard InChI is InChI=1S/C11H12Br2O/c12-9-3-1-8(2-4-9)11-7-10(13)5-6-14-11/h1-4,10-11H,5-7H2/t10-,11+/m0/s1. The van der Waals surface area contributed by atoms with Gasteiger partial charge in [-0.3, -0.25) is 0 Å². The summed E-state index contributed by atoms with van der Waals surface area (Å²) in [6.07, 6.45) is 2.45. The van der Waals surface area contributed by atoms with Crippen LogP contribution in [0.15, 0.2) is 28.7 Å². The van der Waals surface area contributed by atoms with E-state index in [1.54, 1.807) is 0 Å². The number of hydrogen-bond donors (Lipinski definition) is 0. The first kappa shape index (κ1) is 10.7. The molecule has 0 aliphatic carbocycles. The number of alkyl halides is 1. The highest BCUT2D eigenvalue weighted by atomic mass is 79.9. The van der Waals surface area contributed by atoms with Gasteiger partial charge >= 0.3 is 0 Å². The van der Waals surface area contributed by atoms with Crippen molar-refractivity contribution in [2.45, 2.75) is 23.8 Å². The van der Waals surface area contributed by atoms with Gasteiger partial charge in [-0.15, -0.1) is 0 Å². The van der Waals surface area contributed by atoms with Crippen molar-refractivity contribution in [2.75, 3.05) is 6.61 Å². The summed E-state index contributed by atoms with van der Waals surface area (Å²) in [5.74, 6) is 0. The lowest BCUT2D eigenvalue weighted by molar-refractivity contribution is 0.0187. The van der Waals surface area contributed by atoms with E-state index in [0.29, 0.717) is 4.83 Å². The highest BCUT2D eigenvalue weighted by Crippen LogP contribution is 2.31. The normalized spacial score (nSPS) is 27.6. The van der Waals surface area contributed by atoms with Gasteiger partial charge in [-0.2, -0.15) is 0 Å². The molecule has 2 rings (SSSR count). The maximum Gasteiger partial charge on any atom is 0.0835 e. The summed E-state index contributed by atoms with van der Waals surface area (Å²) in [6, 6.07) is 8.38. The van der Waals surface area contributed by atoms with E-state index in [0.717, 1.165) is 23.9 Å². The monoisotopic (exact) mass is 318 g/mol. The summed E-state index contributed by atoms with van der Waals surface area (Å²) in [7, 11) is 0. The number of benzene rings is 1. The summed E-state index contributed by atoms with van der Waals surface area (Å²) in [6.45, 7) is 0.858. The third kappa shape index (κ3) is 2.59. The van der Waals surface area contributed by atoms with E-state index < -0.39 is 0 Å². The van der Waals surface area contributed by atoms with E-state index in [1.165, 1.54) is 5.56 Å². The van der Waals surface area contributed by atoms with Crippen LogP contribution in [0.4, 0.5) is 0 Å². The largest absolute Gasteiger partial charge is 0.373 e. The molecule has 0 saturated carbocycles.